The van der Waals surface area contributed by atoms with Gasteiger partial charge in [0.05, 0.1) is 16.8 Å². The van der Waals surface area contributed by atoms with E-state index in [2.05, 4.69) is 0 Å². The number of nitrogens with zero attached hydrogens (tertiary/aromatic N) is 3. The Kier molecular flexibility index (Phi) is 5.74. The lowest BCUT2D eigenvalue weighted by atomic mass is 10.2. The number of carbonyl (C=O) groups excluding carboxylic acids is 1. The van der Waals surface area contributed by atoms with Crippen LogP contribution < -0.4 is 10.5 Å². The van der Waals surface area contributed by atoms with Crippen LogP contribution >= 0.6 is 23.1 Å². The zero-order valence-electron chi connectivity index (χ0n) is 17.0. The molecule has 0 saturated heterocycles. The van der Waals surface area contributed by atoms with Crippen LogP contribution in [-0.4, -0.2) is 28.3 Å². The monoisotopic (exact) mass is 435 g/mol. The summed E-state index contributed by atoms with van der Waals surface area (Å²) in [6, 6.07) is 18.9. The van der Waals surface area contributed by atoms with E-state index in [4.69, 9.17) is 4.98 Å². The fourth-order valence-electron chi connectivity index (χ4n) is 3.20. The van der Waals surface area contributed by atoms with Gasteiger partial charge < -0.3 is 4.90 Å². The van der Waals surface area contributed by atoms with Crippen LogP contribution in [0, 0.1) is 13.8 Å². The number of hydrogen-bond acceptors (Lipinski definition) is 5. The van der Waals surface area contributed by atoms with Crippen molar-refractivity contribution in [2.24, 2.45) is 0 Å². The number of anilines is 1. The number of hydrogen-bond donors (Lipinski definition) is 0. The minimum absolute atomic E-state index is 0.0568. The third-order valence-corrected chi connectivity index (χ3v) is 7.05. The molecule has 4 rings (SSSR count). The molecule has 0 fully saturated rings. The standard InChI is InChI=1S/C23H21N3O2S2/c1-15-16(2)30-21-20(15)22(28)26(18-12-8-5-9-13-18)23(24-21)29-14-19(27)25(3)17-10-6-4-7-11-17/h4-13H,14H2,1-3H3. The lowest BCUT2D eigenvalue weighted by molar-refractivity contribution is -0.115. The molecule has 0 aliphatic rings. The second-order valence-corrected chi connectivity index (χ2v) is 9.06. The summed E-state index contributed by atoms with van der Waals surface area (Å²) in [6.07, 6.45) is 0. The maximum Gasteiger partial charge on any atom is 0.267 e. The molecule has 4 aromatic rings. The van der Waals surface area contributed by atoms with Crippen LogP contribution in [0.5, 0.6) is 0 Å². The molecule has 2 heterocycles. The molecule has 5 nitrogen and oxygen atoms in total. The molecule has 0 atom stereocenters. The van der Waals surface area contributed by atoms with E-state index in [9.17, 15) is 9.59 Å². The topological polar surface area (TPSA) is 55.2 Å². The van der Waals surface area contributed by atoms with Crippen LogP contribution in [0.1, 0.15) is 10.4 Å². The van der Waals surface area contributed by atoms with Gasteiger partial charge in [-0.1, -0.05) is 48.2 Å². The molecule has 0 aliphatic carbocycles. The predicted molar refractivity (Wildman–Crippen MR) is 125 cm³/mol. The van der Waals surface area contributed by atoms with E-state index in [1.54, 1.807) is 16.5 Å². The molecule has 0 radical (unpaired) electrons. The third-order valence-electron chi connectivity index (χ3n) is 5.03. The Bertz CT molecular complexity index is 1260. The van der Waals surface area contributed by atoms with Gasteiger partial charge in [-0.05, 0) is 43.7 Å². The molecular weight excluding hydrogens is 414 g/mol. The van der Waals surface area contributed by atoms with E-state index < -0.39 is 0 Å². The number of thiophene rings is 1. The first-order chi connectivity index (χ1) is 14.5. The minimum atomic E-state index is -0.0978. The first-order valence-corrected chi connectivity index (χ1v) is 11.3. The highest BCUT2D eigenvalue weighted by Crippen LogP contribution is 2.29. The number of para-hydroxylation sites is 2. The summed E-state index contributed by atoms with van der Waals surface area (Å²) < 4.78 is 1.61. The molecule has 0 unspecified atom stereocenters. The Balaban J connectivity index is 1.73. The van der Waals surface area contributed by atoms with Crippen molar-refractivity contribution in [1.82, 2.24) is 9.55 Å². The van der Waals surface area contributed by atoms with Gasteiger partial charge in [-0.3, -0.25) is 14.2 Å². The molecule has 1 amide bonds. The SMILES string of the molecule is Cc1sc2nc(SCC(=O)N(C)c3ccccc3)n(-c3ccccc3)c(=O)c2c1C. The molecule has 7 heteroatoms. The fourth-order valence-corrected chi connectivity index (χ4v) is 5.19. The molecule has 0 N–H and O–H groups in total. The number of fused-ring (bicyclic) bond motifs is 1. The second kappa shape index (κ2) is 8.45. The summed E-state index contributed by atoms with van der Waals surface area (Å²) in [5, 5.41) is 1.17. The minimum Gasteiger partial charge on any atom is -0.315 e. The van der Waals surface area contributed by atoms with Crippen LogP contribution in [0.4, 0.5) is 5.69 Å². The van der Waals surface area contributed by atoms with Gasteiger partial charge in [0, 0.05) is 17.6 Å². The van der Waals surface area contributed by atoms with E-state index in [0.29, 0.717) is 15.4 Å². The lowest BCUT2D eigenvalue weighted by Gasteiger charge is -2.17. The Morgan fingerprint density at radius 2 is 1.70 bits per heavy atom. The van der Waals surface area contributed by atoms with Gasteiger partial charge in [0.25, 0.3) is 5.56 Å². The zero-order valence-corrected chi connectivity index (χ0v) is 18.6. The Morgan fingerprint density at radius 1 is 1.07 bits per heavy atom. The smallest absolute Gasteiger partial charge is 0.267 e. The van der Waals surface area contributed by atoms with Gasteiger partial charge in [0.1, 0.15) is 4.83 Å². The summed E-state index contributed by atoms with van der Waals surface area (Å²) in [7, 11) is 1.76. The fraction of sp³-hybridized carbons (Fsp3) is 0.174. The molecule has 0 aliphatic heterocycles. The van der Waals surface area contributed by atoms with Gasteiger partial charge in [-0.2, -0.15) is 0 Å². The third kappa shape index (κ3) is 3.78. The molecular formula is C23H21N3O2S2. The van der Waals surface area contributed by atoms with E-state index in [1.807, 2.05) is 74.5 Å². The van der Waals surface area contributed by atoms with E-state index in [-0.39, 0.29) is 17.2 Å². The Labute approximate surface area is 183 Å². The first-order valence-electron chi connectivity index (χ1n) is 9.50. The normalized spacial score (nSPS) is 11.0. The molecule has 2 aromatic heterocycles. The van der Waals surface area contributed by atoms with Crippen LogP contribution in [0.3, 0.4) is 0 Å². The van der Waals surface area contributed by atoms with Crippen LogP contribution in [0.25, 0.3) is 15.9 Å². The van der Waals surface area contributed by atoms with Crippen LogP contribution in [0.2, 0.25) is 0 Å². The summed E-state index contributed by atoms with van der Waals surface area (Å²) in [5.74, 6) is 0.123. The number of aryl methyl sites for hydroxylation is 2. The van der Waals surface area contributed by atoms with E-state index >= 15 is 0 Å². The maximum absolute atomic E-state index is 13.4. The maximum atomic E-state index is 13.4. The molecule has 0 bridgehead atoms. The second-order valence-electron chi connectivity index (χ2n) is 6.91. The van der Waals surface area contributed by atoms with Crippen molar-refractivity contribution in [3.05, 3.63) is 81.5 Å². The van der Waals surface area contributed by atoms with Crippen molar-refractivity contribution < 1.29 is 4.79 Å². The van der Waals surface area contributed by atoms with Crippen molar-refractivity contribution in [3.8, 4) is 5.69 Å². The van der Waals surface area contributed by atoms with Gasteiger partial charge >= 0.3 is 0 Å². The van der Waals surface area contributed by atoms with Crippen LogP contribution in [0.15, 0.2) is 70.6 Å². The average molecular weight is 436 g/mol. The predicted octanol–water partition coefficient (Wildman–Crippen LogP) is 4.82. The molecule has 0 spiro atoms. The van der Waals surface area contributed by atoms with Gasteiger partial charge in [-0.25, -0.2) is 4.98 Å². The highest BCUT2D eigenvalue weighted by molar-refractivity contribution is 7.99. The first kappa shape index (κ1) is 20.4. The zero-order chi connectivity index (χ0) is 21.3. The highest BCUT2D eigenvalue weighted by atomic mass is 32.2. The largest absolute Gasteiger partial charge is 0.315 e. The number of thioether (sulfide) groups is 1. The summed E-state index contributed by atoms with van der Waals surface area (Å²) >= 11 is 2.80. The van der Waals surface area contributed by atoms with Crippen molar-refractivity contribution in [2.45, 2.75) is 19.0 Å². The Hall–Kier alpha value is -2.90. The van der Waals surface area contributed by atoms with Crippen molar-refractivity contribution in [2.75, 3.05) is 17.7 Å². The quantitative estimate of drug-likeness (QED) is 0.333. The van der Waals surface area contributed by atoms with Crippen LogP contribution in [-0.2, 0) is 4.79 Å². The van der Waals surface area contributed by atoms with Crippen molar-refractivity contribution >= 4 is 44.9 Å². The summed E-state index contributed by atoms with van der Waals surface area (Å²) in [4.78, 5) is 34.4. The molecule has 30 heavy (non-hydrogen) atoms. The number of amides is 1. The van der Waals surface area contributed by atoms with E-state index in [1.165, 1.54) is 23.1 Å². The number of aromatic nitrogens is 2. The number of benzene rings is 2. The van der Waals surface area contributed by atoms with Crippen molar-refractivity contribution in [1.29, 1.82) is 0 Å². The molecule has 0 saturated carbocycles. The van der Waals surface area contributed by atoms with Gasteiger partial charge in [0.2, 0.25) is 5.91 Å². The average Bonchev–Trinajstić information content (AvgIpc) is 3.06. The lowest BCUT2D eigenvalue weighted by Crippen LogP contribution is -2.28. The summed E-state index contributed by atoms with van der Waals surface area (Å²) in [5.41, 5.74) is 2.44. The van der Waals surface area contributed by atoms with Gasteiger partial charge in [-0.15, -0.1) is 11.3 Å². The number of carbonyl (C=O) groups is 1. The molecule has 152 valence electrons. The van der Waals surface area contributed by atoms with Gasteiger partial charge in [0.15, 0.2) is 5.16 Å². The molecule has 2 aromatic carbocycles. The summed E-state index contributed by atoms with van der Waals surface area (Å²) in [6.45, 7) is 3.96. The highest BCUT2D eigenvalue weighted by Gasteiger charge is 2.19. The van der Waals surface area contributed by atoms with Crippen molar-refractivity contribution in [3.63, 3.8) is 0 Å². The number of rotatable bonds is 5. The Morgan fingerprint density at radius 3 is 2.37 bits per heavy atom. The van der Waals surface area contributed by atoms with E-state index in [0.717, 1.165) is 21.8 Å².